The second-order valence-electron chi connectivity index (χ2n) is 5.32. The Labute approximate surface area is 106 Å². The van der Waals surface area contributed by atoms with E-state index >= 15 is 0 Å². The molecule has 0 aromatic carbocycles. The highest BCUT2D eigenvalue weighted by atomic mass is 16.5. The predicted molar refractivity (Wildman–Crippen MR) is 70.9 cm³/mol. The maximum atomic E-state index is 11.5. The Kier molecular flexibility index (Phi) is 8.12. The lowest BCUT2D eigenvalue weighted by atomic mass is 10.0. The third-order valence-electron chi connectivity index (χ3n) is 3.74. The van der Waals surface area contributed by atoms with Crippen LogP contribution in [0.3, 0.4) is 0 Å². The molecule has 17 heavy (non-hydrogen) atoms. The van der Waals surface area contributed by atoms with Crippen molar-refractivity contribution in [1.29, 1.82) is 0 Å². The Hall–Kier alpha value is -0.530. The molecule has 0 bridgehead atoms. The summed E-state index contributed by atoms with van der Waals surface area (Å²) in [5, 5.41) is 0. The van der Waals surface area contributed by atoms with E-state index in [4.69, 9.17) is 4.74 Å². The van der Waals surface area contributed by atoms with Gasteiger partial charge in [0.15, 0.2) is 0 Å². The molecule has 1 saturated carbocycles. The first-order chi connectivity index (χ1) is 8.33. The molecule has 0 saturated heterocycles. The van der Waals surface area contributed by atoms with Gasteiger partial charge in [0.05, 0.1) is 6.61 Å². The van der Waals surface area contributed by atoms with Gasteiger partial charge >= 0.3 is 5.97 Å². The first-order valence-corrected chi connectivity index (χ1v) is 7.48. The van der Waals surface area contributed by atoms with Gasteiger partial charge in [0.1, 0.15) is 0 Å². The molecule has 0 radical (unpaired) electrons. The van der Waals surface area contributed by atoms with Crippen LogP contribution in [0.1, 0.15) is 77.6 Å². The molecule has 0 atom stereocenters. The van der Waals surface area contributed by atoms with Gasteiger partial charge in [0.2, 0.25) is 0 Å². The largest absolute Gasteiger partial charge is 0.466 e. The minimum Gasteiger partial charge on any atom is -0.466 e. The fraction of sp³-hybridized carbons (Fsp3) is 0.933. The lowest BCUT2D eigenvalue weighted by Gasteiger charge is -2.08. The maximum absolute atomic E-state index is 11.5. The van der Waals surface area contributed by atoms with Gasteiger partial charge in [-0.1, -0.05) is 58.3 Å². The summed E-state index contributed by atoms with van der Waals surface area (Å²) in [5.74, 6) is 0.819. The van der Waals surface area contributed by atoms with E-state index in [0.29, 0.717) is 13.0 Å². The van der Waals surface area contributed by atoms with Gasteiger partial charge in [-0.25, -0.2) is 0 Å². The lowest BCUT2D eigenvalue weighted by molar-refractivity contribution is -0.144. The van der Waals surface area contributed by atoms with Crippen LogP contribution >= 0.6 is 0 Å². The van der Waals surface area contributed by atoms with Crippen molar-refractivity contribution in [3.63, 3.8) is 0 Å². The van der Waals surface area contributed by atoms with E-state index in [0.717, 1.165) is 18.8 Å². The first kappa shape index (κ1) is 14.5. The van der Waals surface area contributed by atoms with Crippen LogP contribution in [-0.2, 0) is 9.53 Å². The molecule has 0 aliphatic heterocycles. The molecule has 0 spiro atoms. The molecule has 2 heteroatoms. The fourth-order valence-electron chi connectivity index (χ4n) is 2.58. The van der Waals surface area contributed by atoms with Gasteiger partial charge in [-0.05, 0) is 18.8 Å². The number of rotatable bonds is 9. The fourth-order valence-corrected chi connectivity index (χ4v) is 2.58. The minimum absolute atomic E-state index is 0.0207. The van der Waals surface area contributed by atoms with Gasteiger partial charge in [0.25, 0.3) is 0 Å². The summed E-state index contributed by atoms with van der Waals surface area (Å²) in [6.07, 6.45) is 13.1. The normalized spacial score (nSPS) is 16.3. The minimum atomic E-state index is 0.0207. The number of carbonyl (C=O) groups excluding carboxylic acids is 1. The molecule has 0 amide bonds. The Bertz CT molecular complexity index is 195. The van der Waals surface area contributed by atoms with Crippen LogP contribution in [0.4, 0.5) is 0 Å². The van der Waals surface area contributed by atoms with Crippen LogP contribution in [0.5, 0.6) is 0 Å². The molecular weight excluding hydrogens is 212 g/mol. The second kappa shape index (κ2) is 9.49. The van der Waals surface area contributed by atoms with Crippen molar-refractivity contribution in [1.82, 2.24) is 0 Å². The zero-order chi connectivity index (χ0) is 12.3. The zero-order valence-corrected chi connectivity index (χ0v) is 11.4. The quantitative estimate of drug-likeness (QED) is 0.439. The van der Waals surface area contributed by atoms with E-state index in [1.807, 2.05) is 0 Å². The summed E-state index contributed by atoms with van der Waals surface area (Å²) in [4.78, 5) is 11.5. The third-order valence-corrected chi connectivity index (χ3v) is 3.74. The highest BCUT2D eigenvalue weighted by molar-refractivity contribution is 5.69. The van der Waals surface area contributed by atoms with Crippen LogP contribution in [-0.4, -0.2) is 12.6 Å². The molecule has 0 unspecified atom stereocenters. The molecule has 0 heterocycles. The summed E-state index contributed by atoms with van der Waals surface area (Å²) in [6.45, 7) is 2.84. The summed E-state index contributed by atoms with van der Waals surface area (Å²) >= 11 is 0. The number of ether oxygens (including phenoxy) is 1. The average molecular weight is 240 g/mol. The van der Waals surface area contributed by atoms with Crippen LogP contribution in [0, 0.1) is 5.92 Å². The van der Waals surface area contributed by atoms with Crippen LogP contribution < -0.4 is 0 Å². The van der Waals surface area contributed by atoms with Crippen molar-refractivity contribution in [3.05, 3.63) is 0 Å². The van der Waals surface area contributed by atoms with E-state index < -0.39 is 0 Å². The third kappa shape index (κ3) is 7.40. The summed E-state index contributed by atoms with van der Waals surface area (Å²) in [7, 11) is 0. The molecule has 0 aromatic rings. The molecule has 1 aliphatic rings. The molecule has 1 fully saturated rings. The Morgan fingerprint density at radius 2 is 1.82 bits per heavy atom. The monoisotopic (exact) mass is 240 g/mol. The van der Waals surface area contributed by atoms with E-state index in [2.05, 4.69) is 6.92 Å². The zero-order valence-electron chi connectivity index (χ0n) is 11.4. The van der Waals surface area contributed by atoms with Gasteiger partial charge in [0, 0.05) is 6.42 Å². The molecule has 1 rings (SSSR count). The van der Waals surface area contributed by atoms with Crippen molar-refractivity contribution < 1.29 is 9.53 Å². The van der Waals surface area contributed by atoms with E-state index in [1.165, 1.54) is 51.4 Å². The Balaban J connectivity index is 1.87. The van der Waals surface area contributed by atoms with Crippen molar-refractivity contribution in [2.24, 2.45) is 5.92 Å². The van der Waals surface area contributed by atoms with E-state index in [1.54, 1.807) is 0 Å². The van der Waals surface area contributed by atoms with Crippen LogP contribution in [0.15, 0.2) is 0 Å². The topological polar surface area (TPSA) is 26.3 Å². The number of esters is 1. The van der Waals surface area contributed by atoms with Crippen molar-refractivity contribution in [2.75, 3.05) is 6.61 Å². The van der Waals surface area contributed by atoms with E-state index in [-0.39, 0.29) is 5.97 Å². The molecule has 0 aromatic heterocycles. The number of carbonyl (C=O) groups is 1. The van der Waals surface area contributed by atoms with Gasteiger partial charge in [-0.15, -0.1) is 0 Å². The van der Waals surface area contributed by atoms with Crippen LogP contribution in [0.2, 0.25) is 0 Å². The van der Waals surface area contributed by atoms with Gasteiger partial charge in [-0.3, -0.25) is 4.79 Å². The highest BCUT2D eigenvalue weighted by Gasteiger charge is 2.16. The van der Waals surface area contributed by atoms with Crippen molar-refractivity contribution in [2.45, 2.75) is 77.6 Å². The first-order valence-electron chi connectivity index (χ1n) is 7.48. The second-order valence-corrected chi connectivity index (χ2v) is 5.32. The average Bonchev–Trinajstić information content (AvgIpc) is 2.84. The van der Waals surface area contributed by atoms with Gasteiger partial charge in [-0.2, -0.15) is 0 Å². The number of hydrogen-bond acceptors (Lipinski definition) is 2. The molecular formula is C15H28O2. The van der Waals surface area contributed by atoms with Crippen molar-refractivity contribution >= 4 is 5.97 Å². The van der Waals surface area contributed by atoms with Crippen LogP contribution in [0.25, 0.3) is 0 Å². The smallest absolute Gasteiger partial charge is 0.305 e. The Morgan fingerprint density at radius 3 is 2.53 bits per heavy atom. The number of hydrogen-bond donors (Lipinski definition) is 0. The SMILES string of the molecule is CCCCCCCOC(=O)CCC1CCCC1. The summed E-state index contributed by atoms with van der Waals surface area (Å²) < 4.78 is 5.24. The molecule has 100 valence electrons. The molecule has 0 N–H and O–H groups in total. The van der Waals surface area contributed by atoms with Crippen molar-refractivity contribution in [3.8, 4) is 0 Å². The number of unbranched alkanes of at least 4 members (excludes halogenated alkanes) is 4. The standard InChI is InChI=1S/C15H28O2/c1-2-3-4-5-8-13-17-15(16)12-11-14-9-6-7-10-14/h14H,2-13H2,1H3. The van der Waals surface area contributed by atoms with Gasteiger partial charge < -0.3 is 4.74 Å². The predicted octanol–water partition coefficient (Wildman–Crippen LogP) is 4.47. The Morgan fingerprint density at radius 1 is 1.12 bits per heavy atom. The summed E-state index contributed by atoms with van der Waals surface area (Å²) in [5.41, 5.74) is 0. The maximum Gasteiger partial charge on any atom is 0.305 e. The highest BCUT2D eigenvalue weighted by Crippen LogP contribution is 2.28. The molecule has 1 aliphatic carbocycles. The summed E-state index contributed by atoms with van der Waals surface area (Å²) in [6, 6.07) is 0. The lowest BCUT2D eigenvalue weighted by Crippen LogP contribution is -2.07. The van der Waals surface area contributed by atoms with E-state index in [9.17, 15) is 4.79 Å². The molecule has 2 nitrogen and oxygen atoms in total.